The Morgan fingerprint density at radius 3 is 2.72 bits per heavy atom. The van der Waals surface area contributed by atoms with Crippen molar-refractivity contribution < 1.29 is 9.53 Å². The fourth-order valence-electron chi connectivity index (χ4n) is 4.35. The van der Waals surface area contributed by atoms with Gasteiger partial charge < -0.3 is 20.3 Å². The smallest absolute Gasteiger partial charge is 0.251 e. The van der Waals surface area contributed by atoms with E-state index in [1.807, 2.05) is 24.3 Å². The summed E-state index contributed by atoms with van der Waals surface area (Å²) in [7, 11) is 0. The van der Waals surface area contributed by atoms with E-state index in [0.717, 1.165) is 50.6 Å². The van der Waals surface area contributed by atoms with Crippen molar-refractivity contribution in [2.45, 2.75) is 52.7 Å². The van der Waals surface area contributed by atoms with Crippen LogP contribution in [0.25, 0.3) is 0 Å². The largest absolute Gasteiger partial charge is 0.376 e. The summed E-state index contributed by atoms with van der Waals surface area (Å²) in [6.45, 7) is 11.6. The SMILES string of the molecule is CCNC(=NCc1cccc(C(=O)NCC2CCCO2)c1)N1CC(C)CC(C)C1. The van der Waals surface area contributed by atoms with Crippen LogP contribution in [-0.4, -0.2) is 55.7 Å². The van der Waals surface area contributed by atoms with E-state index in [0.29, 0.717) is 30.5 Å². The molecular formula is C23H36N4O2. The number of likely N-dealkylation sites (tertiary alicyclic amines) is 1. The van der Waals surface area contributed by atoms with Crippen molar-refractivity contribution >= 4 is 11.9 Å². The Hall–Kier alpha value is -2.08. The standard InChI is InChI=1S/C23H36N4O2/c1-4-24-23(27-15-17(2)11-18(3)16-27)26-13-19-7-5-8-20(12-19)22(28)25-14-21-9-6-10-29-21/h5,7-8,12,17-18,21H,4,6,9-11,13-16H2,1-3H3,(H,24,26)(H,25,28). The molecule has 0 bridgehead atoms. The second-order valence-electron chi connectivity index (χ2n) is 8.57. The third kappa shape index (κ3) is 6.46. The van der Waals surface area contributed by atoms with Crippen LogP contribution in [0.2, 0.25) is 0 Å². The molecule has 2 aliphatic rings. The predicted octanol–water partition coefficient (Wildman–Crippen LogP) is 3.04. The summed E-state index contributed by atoms with van der Waals surface area (Å²) in [4.78, 5) is 19.7. The van der Waals surface area contributed by atoms with Crippen LogP contribution in [0.1, 0.15) is 56.0 Å². The topological polar surface area (TPSA) is 66.0 Å². The summed E-state index contributed by atoms with van der Waals surface area (Å²) < 4.78 is 5.58. The molecule has 0 aliphatic carbocycles. The lowest BCUT2D eigenvalue weighted by Crippen LogP contribution is -2.48. The average Bonchev–Trinajstić information content (AvgIpc) is 3.22. The number of piperidine rings is 1. The highest BCUT2D eigenvalue weighted by Crippen LogP contribution is 2.21. The number of hydrogen-bond acceptors (Lipinski definition) is 3. The van der Waals surface area contributed by atoms with Gasteiger partial charge in [-0.1, -0.05) is 26.0 Å². The zero-order valence-electron chi connectivity index (χ0n) is 18.1. The van der Waals surface area contributed by atoms with Gasteiger partial charge in [0.2, 0.25) is 0 Å². The fraction of sp³-hybridized carbons (Fsp3) is 0.652. The summed E-state index contributed by atoms with van der Waals surface area (Å²) >= 11 is 0. The summed E-state index contributed by atoms with van der Waals surface area (Å²) in [5, 5.41) is 6.43. The Labute approximate surface area is 175 Å². The zero-order valence-corrected chi connectivity index (χ0v) is 18.1. The van der Waals surface area contributed by atoms with Gasteiger partial charge >= 0.3 is 0 Å². The number of ether oxygens (including phenoxy) is 1. The minimum Gasteiger partial charge on any atom is -0.376 e. The van der Waals surface area contributed by atoms with E-state index in [-0.39, 0.29) is 12.0 Å². The minimum absolute atomic E-state index is 0.0445. The lowest BCUT2D eigenvalue weighted by Gasteiger charge is -2.37. The molecule has 2 fully saturated rings. The normalized spacial score (nSPS) is 25.1. The van der Waals surface area contributed by atoms with Gasteiger partial charge in [0.05, 0.1) is 12.6 Å². The van der Waals surface area contributed by atoms with Crippen LogP contribution in [0, 0.1) is 11.8 Å². The molecule has 6 heteroatoms. The van der Waals surface area contributed by atoms with E-state index < -0.39 is 0 Å². The summed E-state index contributed by atoms with van der Waals surface area (Å²) in [6.07, 6.45) is 3.54. The number of nitrogens with one attached hydrogen (secondary N) is 2. The monoisotopic (exact) mass is 400 g/mol. The average molecular weight is 401 g/mol. The molecule has 2 aliphatic heterocycles. The zero-order chi connectivity index (χ0) is 20.6. The molecule has 0 aromatic heterocycles. The molecule has 3 rings (SSSR count). The first-order valence-electron chi connectivity index (χ1n) is 11.1. The predicted molar refractivity (Wildman–Crippen MR) is 117 cm³/mol. The highest BCUT2D eigenvalue weighted by atomic mass is 16.5. The lowest BCUT2D eigenvalue weighted by atomic mass is 9.92. The van der Waals surface area contributed by atoms with Gasteiger partial charge in [0.25, 0.3) is 5.91 Å². The minimum atomic E-state index is -0.0445. The number of nitrogens with zero attached hydrogens (tertiary/aromatic N) is 2. The van der Waals surface area contributed by atoms with Crippen molar-refractivity contribution in [2.24, 2.45) is 16.8 Å². The van der Waals surface area contributed by atoms with Gasteiger partial charge in [-0.15, -0.1) is 0 Å². The Bertz CT molecular complexity index is 690. The van der Waals surface area contributed by atoms with Crippen molar-refractivity contribution in [2.75, 3.05) is 32.8 Å². The van der Waals surface area contributed by atoms with Crippen LogP contribution >= 0.6 is 0 Å². The van der Waals surface area contributed by atoms with Gasteiger partial charge in [-0.2, -0.15) is 0 Å². The maximum Gasteiger partial charge on any atom is 0.251 e. The second-order valence-corrected chi connectivity index (χ2v) is 8.57. The van der Waals surface area contributed by atoms with E-state index in [9.17, 15) is 4.79 Å². The van der Waals surface area contributed by atoms with E-state index in [1.54, 1.807) is 0 Å². The third-order valence-electron chi connectivity index (χ3n) is 5.62. The first kappa shape index (κ1) is 21.6. The van der Waals surface area contributed by atoms with Gasteiger partial charge in [0.1, 0.15) is 0 Å². The van der Waals surface area contributed by atoms with Gasteiger partial charge in [-0.3, -0.25) is 4.79 Å². The lowest BCUT2D eigenvalue weighted by molar-refractivity contribution is 0.0857. The second kappa shape index (κ2) is 10.6. The maximum absolute atomic E-state index is 12.5. The van der Waals surface area contributed by atoms with E-state index in [1.165, 1.54) is 6.42 Å². The molecule has 3 atom stereocenters. The number of amides is 1. The Balaban J connectivity index is 1.61. The van der Waals surface area contributed by atoms with Crippen LogP contribution in [0.15, 0.2) is 29.3 Å². The molecule has 0 spiro atoms. The van der Waals surface area contributed by atoms with Gasteiger partial charge in [0, 0.05) is 38.3 Å². The molecule has 2 heterocycles. The number of guanidine groups is 1. The summed E-state index contributed by atoms with van der Waals surface area (Å²) in [6, 6.07) is 7.77. The molecule has 1 amide bonds. The highest BCUT2D eigenvalue weighted by molar-refractivity contribution is 5.94. The number of carbonyl (C=O) groups excluding carboxylic acids is 1. The molecule has 3 unspecified atom stereocenters. The van der Waals surface area contributed by atoms with Gasteiger partial charge in [-0.05, 0) is 55.7 Å². The molecule has 0 radical (unpaired) electrons. The molecule has 160 valence electrons. The van der Waals surface area contributed by atoms with E-state index in [2.05, 4.69) is 36.3 Å². The van der Waals surface area contributed by atoms with Crippen LogP contribution < -0.4 is 10.6 Å². The quantitative estimate of drug-likeness (QED) is 0.569. The van der Waals surface area contributed by atoms with Crippen molar-refractivity contribution in [3.63, 3.8) is 0 Å². The number of hydrogen-bond donors (Lipinski definition) is 2. The summed E-state index contributed by atoms with van der Waals surface area (Å²) in [5.74, 6) is 2.29. The van der Waals surface area contributed by atoms with Crippen molar-refractivity contribution in [1.82, 2.24) is 15.5 Å². The van der Waals surface area contributed by atoms with E-state index >= 15 is 0 Å². The first-order valence-corrected chi connectivity index (χ1v) is 11.1. The molecule has 1 aromatic rings. The Morgan fingerprint density at radius 1 is 1.24 bits per heavy atom. The van der Waals surface area contributed by atoms with Crippen LogP contribution in [0.5, 0.6) is 0 Å². The van der Waals surface area contributed by atoms with Crippen molar-refractivity contribution in [3.8, 4) is 0 Å². The highest BCUT2D eigenvalue weighted by Gasteiger charge is 2.24. The number of benzene rings is 1. The van der Waals surface area contributed by atoms with Gasteiger partial charge in [0.15, 0.2) is 5.96 Å². The number of carbonyl (C=O) groups is 1. The van der Waals surface area contributed by atoms with E-state index in [4.69, 9.17) is 9.73 Å². The van der Waals surface area contributed by atoms with Crippen LogP contribution in [0.3, 0.4) is 0 Å². The molecule has 2 N–H and O–H groups in total. The number of rotatable bonds is 6. The van der Waals surface area contributed by atoms with Crippen LogP contribution in [0.4, 0.5) is 0 Å². The van der Waals surface area contributed by atoms with Gasteiger partial charge in [-0.25, -0.2) is 4.99 Å². The molecular weight excluding hydrogens is 364 g/mol. The number of aliphatic imine (C=N–C) groups is 1. The van der Waals surface area contributed by atoms with Crippen molar-refractivity contribution in [3.05, 3.63) is 35.4 Å². The Kier molecular flexibility index (Phi) is 7.92. The summed E-state index contributed by atoms with van der Waals surface area (Å²) in [5.41, 5.74) is 1.73. The Morgan fingerprint density at radius 2 is 2.03 bits per heavy atom. The molecule has 0 saturated carbocycles. The maximum atomic E-state index is 12.5. The first-order chi connectivity index (χ1) is 14.0. The molecule has 1 aromatic carbocycles. The van der Waals surface area contributed by atoms with Crippen LogP contribution in [-0.2, 0) is 11.3 Å². The van der Waals surface area contributed by atoms with Crippen molar-refractivity contribution in [1.29, 1.82) is 0 Å². The molecule has 6 nitrogen and oxygen atoms in total. The molecule has 29 heavy (non-hydrogen) atoms. The fourth-order valence-corrected chi connectivity index (χ4v) is 4.35. The molecule has 2 saturated heterocycles. The third-order valence-corrected chi connectivity index (χ3v) is 5.62.